The second-order valence-electron chi connectivity index (χ2n) is 5.97. The minimum absolute atomic E-state index is 0.283. The number of nitrogens with one attached hydrogen (secondary N) is 2. The van der Waals surface area contributed by atoms with Gasteiger partial charge in [-0.25, -0.2) is 13.1 Å². The van der Waals surface area contributed by atoms with Crippen LogP contribution >= 0.6 is 0 Å². The molecule has 1 unspecified atom stereocenters. The topological polar surface area (TPSA) is 87.7 Å². The molecule has 0 saturated heterocycles. The first-order valence-electron chi connectivity index (χ1n) is 6.47. The predicted octanol–water partition coefficient (Wildman–Crippen LogP) is -0.0627. The molecule has 0 amide bonds. The Morgan fingerprint density at radius 3 is 2.32 bits per heavy atom. The third-order valence-corrected chi connectivity index (χ3v) is 3.09. The first-order chi connectivity index (χ1) is 8.52. The van der Waals surface area contributed by atoms with Crippen molar-refractivity contribution in [3.63, 3.8) is 0 Å². The van der Waals surface area contributed by atoms with Crippen molar-refractivity contribution >= 4 is 10.0 Å². The molecule has 1 atom stereocenters. The van der Waals surface area contributed by atoms with Gasteiger partial charge in [0, 0.05) is 25.2 Å². The maximum Gasteiger partial charge on any atom is 0.209 e. The van der Waals surface area contributed by atoms with E-state index in [-0.39, 0.29) is 6.61 Å². The summed E-state index contributed by atoms with van der Waals surface area (Å²) in [5.41, 5.74) is -0.591. The molecular weight excluding hydrogens is 268 g/mol. The normalized spacial score (nSPS) is 14.9. The Balaban J connectivity index is 3.83. The van der Waals surface area contributed by atoms with Gasteiger partial charge in [0.25, 0.3) is 0 Å². The molecule has 0 aromatic rings. The van der Waals surface area contributed by atoms with Crippen LogP contribution in [0.4, 0.5) is 0 Å². The first kappa shape index (κ1) is 18.8. The highest BCUT2D eigenvalue weighted by Gasteiger charge is 2.21. The van der Waals surface area contributed by atoms with Crippen molar-refractivity contribution in [3.8, 4) is 0 Å². The van der Waals surface area contributed by atoms with E-state index in [1.54, 1.807) is 13.8 Å². The molecule has 0 bridgehead atoms. The van der Waals surface area contributed by atoms with Crippen LogP contribution in [-0.4, -0.2) is 57.7 Å². The lowest BCUT2D eigenvalue weighted by molar-refractivity contribution is 0.0257. The van der Waals surface area contributed by atoms with E-state index < -0.39 is 21.7 Å². The number of aliphatic hydroxyl groups excluding tert-OH is 1. The largest absolute Gasteiger partial charge is 0.389 e. The maximum atomic E-state index is 11.1. The highest BCUT2D eigenvalue weighted by Crippen LogP contribution is 2.02. The van der Waals surface area contributed by atoms with Gasteiger partial charge in [-0.3, -0.25) is 0 Å². The number of sulfonamides is 1. The second-order valence-corrected chi connectivity index (χ2v) is 7.72. The van der Waals surface area contributed by atoms with E-state index in [4.69, 9.17) is 4.74 Å². The van der Waals surface area contributed by atoms with Crippen LogP contribution in [0.2, 0.25) is 0 Å². The van der Waals surface area contributed by atoms with Gasteiger partial charge < -0.3 is 15.2 Å². The average molecular weight is 296 g/mol. The van der Waals surface area contributed by atoms with Crippen molar-refractivity contribution in [1.82, 2.24) is 10.0 Å². The fraction of sp³-hybridized carbons (Fsp3) is 1.00. The molecule has 6 nitrogen and oxygen atoms in total. The Labute approximate surface area is 117 Å². The molecule has 0 heterocycles. The van der Waals surface area contributed by atoms with Gasteiger partial charge in [-0.2, -0.15) is 0 Å². The summed E-state index contributed by atoms with van der Waals surface area (Å²) in [5, 5.41) is 12.7. The molecule has 0 aromatic carbocycles. The van der Waals surface area contributed by atoms with Crippen LogP contribution in [0.15, 0.2) is 0 Å². The van der Waals surface area contributed by atoms with Crippen LogP contribution < -0.4 is 10.0 Å². The molecule has 3 N–H and O–H groups in total. The molecule has 0 spiro atoms. The van der Waals surface area contributed by atoms with Gasteiger partial charge in [-0.1, -0.05) is 13.8 Å². The Bertz CT molecular complexity index is 342. The summed E-state index contributed by atoms with van der Waals surface area (Å²) in [6, 6.07) is 0. The predicted molar refractivity (Wildman–Crippen MR) is 76.6 cm³/mol. The maximum absolute atomic E-state index is 11.1. The van der Waals surface area contributed by atoms with Gasteiger partial charge in [-0.15, -0.1) is 0 Å². The van der Waals surface area contributed by atoms with Gasteiger partial charge in [0.2, 0.25) is 10.0 Å². The first-order valence-corrected chi connectivity index (χ1v) is 8.36. The number of ether oxygens (including phenoxy) is 1. The summed E-state index contributed by atoms with van der Waals surface area (Å²) in [5.74, 6) is 0.443. The molecular formula is C12H28N2O4S. The summed E-state index contributed by atoms with van der Waals surface area (Å²) < 4.78 is 30.1. The second kappa shape index (κ2) is 8.16. The zero-order chi connectivity index (χ0) is 15.1. The summed E-state index contributed by atoms with van der Waals surface area (Å²) in [7, 11) is -3.23. The third-order valence-electron chi connectivity index (χ3n) is 2.17. The summed E-state index contributed by atoms with van der Waals surface area (Å²) in [4.78, 5) is 0. The van der Waals surface area contributed by atoms with Crippen LogP contribution in [0.25, 0.3) is 0 Å². The lowest BCUT2D eigenvalue weighted by atomic mass is 10.1. The quantitative estimate of drug-likeness (QED) is 0.525. The molecule has 0 aromatic heterocycles. The van der Waals surface area contributed by atoms with E-state index in [2.05, 4.69) is 10.0 Å². The van der Waals surface area contributed by atoms with Crippen LogP contribution in [-0.2, 0) is 14.8 Å². The zero-order valence-corrected chi connectivity index (χ0v) is 13.4. The minimum Gasteiger partial charge on any atom is -0.389 e. The summed E-state index contributed by atoms with van der Waals surface area (Å²) in [6.45, 7) is 9.36. The van der Waals surface area contributed by atoms with Gasteiger partial charge in [-0.05, 0) is 19.8 Å². The zero-order valence-electron chi connectivity index (χ0n) is 12.6. The van der Waals surface area contributed by atoms with Crippen molar-refractivity contribution in [2.75, 3.05) is 32.6 Å². The van der Waals surface area contributed by atoms with E-state index in [1.165, 1.54) is 0 Å². The molecule has 19 heavy (non-hydrogen) atoms. The Hall–Kier alpha value is -0.210. The van der Waals surface area contributed by atoms with Crippen LogP contribution in [0.3, 0.4) is 0 Å². The smallest absolute Gasteiger partial charge is 0.209 e. The Morgan fingerprint density at radius 1 is 1.26 bits per heavy atom. The standard InChI is InChI=1S/C12H28N2O4S/c1-10(2)7-18-8-11(15)6-13-9-12(3,4)14-19(5,16)17/h10-11,13-15H,6-9H2,1-5H3. The molecule has 0 aliphatic carbocycles. The number of hydrogen-bond donors (Lipinski definition) is 3. The number of hydrogen-bond acceptors (Lipinski definition) is 5. The molecule has 0 saturated carbocycles. The molecule has 0 rings (SSSR count). The van der Waals surface area contributed by atoms with Crippen molar-refractivity contribution in [1.29, 1.82) is 0 Å². The van der Waals surface area contributed by atoms with E-state index in [1.807, 2.05) is 13.8 Å². The third kappa shape index (κ3) is 12.6. The Morgan fingerprint density at radius 2 is 1.84 bits per heavy atom. The highest BCUT2D eigenvalue weighted by molar-refractivity contribution is 7.88. The molecule has 0 radical (unpaired) electrons. The Kier molecular flexibility index (Phi) is 8.07. The summed E-state index contributed by atoms with van der Waals surface area (Å²) >= 11 is 0. The van der Waals surface area contributed by atoms with Crippen molar-refractivity contribution in [3.05, 3.63) is 0 Å². The molecule has 0 aliphatic rings. The fourth-order valence-electron chi connectivity index (χ4n) is 1.59. The molecule has 116 valence electrons. The SMILES string of the molecule is CC(C)COCC(O)CNCC(C)(C)NS(C)(=O)=O. The minimum atomic E-state index is -3.23. The van der Waals surface area contributed by atoms with E-state index in [9.17, 15) is 13.5 Å². The van der Waals surface area contributed by atoms with Crippen molar-refractivity contribution in [2.24, 2.45) is 5.92 Å². The molecule has 0 aliphatic heterocycles. The highest BCUT2D eigenvalue weighted by atomic mass is 32.2. The lowest BCUT2D eigenvalue weighted by Gasteiger charge is -2.26. The van der Waals surface area contributed by atoms with Crippen LogP contribution in [0.1, 0.15) is 27.7 Å². The van der Waals surface area contributed by atoms with Gasteiger partial charge in [0.05, 0.1) is 19.0 Å². The molecule has 0 fully saturated rings. The van der Waals surface area contributed by atoms with Gasteiger partial charge in [0.1, 0.15) is 0 Å². The molecule has 7 heteroatoms. The fourth-order valence-corrected chi connectivity index (χ4v) is 2.66. The number of aliphatic hydroxyl groups is 1. The monoisotopic (exact) mass is 296 g/mol. The lowest BCUT2D eigenvalue weighted by Crippen LogP contribution is -2.51. The van der Waals surface area contributed by atoms with Crippen molar-refractivity contribution < 1.29 is 18.3 Å². The van der Waals surface area contributed by atoms with Crippen molar-refractivity contribution in [2.45, 2.75) is 39.3 Å². The average Bonchev–Trinajstić information content (AvgIpc) is 2.12. The summed E-state index contributed by atoms with van der Waals surface area (Å²) in [6.07, 6.45) is 0.538. The van der Waals surface area contributed by atoms with Gasteiger partial charge in [0.15, 0.2) is 0 Å². The van der Waals surface area contributed by atoms with Gasteiger partial charge >= 0.3 is 0 Å². The number of rotatable bonds is 10. The van der Waals surface area contributed by atoms with Crippen LogP contribution in [0, 0.1) is 5.92 Å². The van der Waals surface area contributed by atoms with E-state index >= 15 is 0 Å². The van der Waals surface area contributed by atoms with Crippen LogP contribution in [0.5, 0.6) is 0 Å². The van der Waals surface area contributed by atoms with E-state index in [0.717, 1.165) is 6.26 Å². The van der Waals surface area contributed by atoms with E-state index in [0.29, 0.717) is 25.6 Å².